The number of nitrogens with zero attached hydrogens (tertiary/aromatic N) is 2. The predicted molar refractivity (Wildman–Crippen MR) is 87.2 cm³/mol. The van der Waals surface area contributed by atoms with Crippen molar-refractivity contribution in [1.29, 1.82) is 0 Å². The quantitative estimate of drug-likeness (QED) is 0.680. The van der Waals surface area contributed by atoms with Crippen LogP contribution >= 0.6 is 11.3 Å². The van der Waals surface area contributed by atoms with Crippen molar-refractivity contribution in [2.45, 2.75) is 25.4 Å². The molecular weight excluding hydrogens is 330 g/mol. The summed E-state index contributed by atoms with van der Waals surface area (Å²) in [5.74, 6) is 1.04. The van der Waals surface area contributed by atoms with Crippen LogP contribution in [0.15, 0.2) is 44.2 Å². The van der Waals surface area contributed by atoms with E-state index in [9.17, 15) is 9.90 Å². The minimum absolute atomic E-state index is 0.143. The maximum Gasteiger partial charge on any atom is 0.238 e. The molecule has 0 aliphatic heterocycles. The van der Waals surface area contributed by atoms with E-state index in [0.29, 0.717) is 23.9 Å². The van der Waals surface area contributed by atoms with E-state index >= 15 is 0 Å². The fourth-order valence-corrected chi connectivity index (χ4v) is 2.90. The summed E-state index contributed by atoms with van der Waals surface area (Å²) in [6, 6.07) is 5.30. The number of aliphatic hydroxyl groups is 1. The molecule has 0 aliphatic rings. The number of aryl methyl sites for hydroxylation is 1. The van der Waals surface area contributed by atoms with Gasteiger partial charge < -0.3 is 19.4 Å². The van der Waals surface area contributed by atoms with Gasteiger partial charge in [0.05, 0.1) is 12.8 Å². The van der Waals surface area contributed by atoms with Crippen LogP contribution in [0.3, 0.4) is 0 Å². The third kappa shape index (κ3) is 3.90. The molecule has 126 valence electrons. The van der Waals surface area contributed by atoms with E-state index in [4.69, 9.17) is 8.94 Å². The van der Waals surface area contributed by atoms with Gasteiger partial charge in [-0.1, -0.05) is 5.16 Å². The Hall–Kier alpha value is -2.45. The second-order valence-corrected chi connectivity index (χ2v) is 6.33. The SMILES string of the molecule is CC(O)(CNC(=O)CCc1nc(-c2ccco2)no1)c1ccsc1. The molecule has 0 fully saturated rings. The summed E-state index contributed by atoms with van der Waals surface area (Å²) >= 11 is 1.50. The monoisotopic (exact) mass is 347 g/mol. The maximum absolute atomic E-state index is 11.9. The Bertz CT molecular complexity index is 778. The topological polar surface area (TPSA) is 101 Å². The highest BCUT2D eigenvalue weighted by atomic mass is 32.1. The second kappa shape index (κ2) is 6.98. The molecule has 0 aromatic carbocycles. The molecule has 2 N–H and O–H groups in total. The van der Waals surface area contributed by atoms with Gasteiger partial charge in [-0.3, -0.25) is 4.79 Å². The molecule has 0 radical (unpaired) electrons. The number of hydrogen-bond donors (Lipinski definition) is 2. The molecule has 3 rings (SSSR count). The molecule has 3 aromatic rings. The third-order valence-electron chi connectivity index (χ3n) is 3.55. The second-order valence-electron chi connectivity index (χ2n) is 5.55. The van der Waals surface area contributed by atoms with Crippen LogP contribution in [0.5, 0.6) is 0 Å². The number of carbonyl (C=O) groups is 1. The largest absolute Gasteiger partial charge is 0.461 e. The molecule has 1 amide bonds. The number of nitrogens with one attached hydrogen (secondary N) is 1. The molecule has 0 bridgehead atoms. The van der Waals surface area contributed by atoms with Gasteiger partial charge in [-0.05, 0) is 41.4 Å². The fourth-order valence-electron chi connectivity index (χ4n) is 2.11. The molecule has 3 heterocycles. The smallest absolute Gasteiger partial charge is 0.238 e. The van der Waals surface area contributed by atoms with Crippen LogP contribution in [0.2, 0.25) is 0 Å². The summed E-state index contributed by atoms with van der Waals surface area (Å²) in [5, 5.41) is 20.6. The molecule has 1 unspecified atom stereocenters. The van der Waals surface area contributed by atoms with Crippen molar-refractivity contribution < 1.29 is 18.8 Å². The summed E-state index contributed by atoms with van der Waals surface area (Å²) in [6.45, 7) is 1.81. The number of amides is 1. The molecule has 0 saturated carbocycles. The highest BCUT2D eigenvalue weighted by Crippen LogP contribution is 2.22. The van der Waals surface area contributed by atoms with Crippen molar-refractivity contribution in [2.24, 2.45) is 0 Å². The molecule has 1 atom stereocenters. The number of rotatable bonds is 7. The molecule has 24 heavy (non-hydrogen) atoms. The lowest BCUT2D eigenvalue weighted by Gasteiger charge is -2.22. The Morgan fingerprint density at radius 2 is 2.33 bits per heavy atom. The van der Waals surface area contributed by atoms with Crippen LogP contribution in [-0.4, -0.2) is 27.7 Å². The first-order valence-electron chi connectivity index (χ1n) is 7.43. The Morgan fingerprint density at radius 1 is 1.46 bits per heavy atom. The number of aromatic nitrogens is 2. The maximum atomic E-state index is 11.9. The van der Waals surface area contributed by atoms with E-state index in [0.717, 1.165) is 5.56 Å². The van der Waals surface area contributed by atoms with Crippen molar-refractivity contribution in [3.8, 4) is 11.6 Å². The fraction of sp³-hybridized carbons (Fsp3) is 0.312. The Kier molecular flexibility index (Phi) is 4.77. The van der Waals surface area contributed by atoms with Gasteiger partial charge in [0, 0.05) is 12.8 Å². The number of carbonyl (C=O) groups excluding carboxylic acids is 1. The van der Waals surface area contributed by atoms with Crippen molar-refractivity contribution in [1.82, 2.24) is 15.5 Å². The summed E-state index contributed by atoms with van der Waals surface area (Å²) in [6.07, 6.45) is 2.04. The molecule has 0 saturated heterocycles. The minimum Gasteiger partial charge on any atom is -0.461 e. The summed E-state index contributed by atoms with van der Waals surface area (Å²) < 4.78 is 10.3. The zero-order valence-electron chi connectivity index (χ0n) is 13.1. The predicted octanol–water partition coefficient (Wildman–Crippen LogP) is 2.35. The van der Waals surface area contributed by atoms with Gasteiger partial charge in [0.15, 0.2) is 5.76 Å². The van der Waals surface area contributed by atoms with E-state index in [1.165, 1.54) is 17.6 Å². The van der Waals surface area contributed by atoms with Gasteiger partial charge in [-0.25, -0.2) is 0 Å². The van der Waals surface area contributed by atoms with Crippen LogP contribution in [-0.2, 0) is 16.8 Å². The average molecular weight is 347 g/mol. The Balaban J connectivity index is 1.48. The zero-order valence-corrected chi connectivity index (χ0v) is 13.9. The molecule has 7 nitrogen and oxygen atoms in total. The van der Waals surface area contributed by atoms with Crippen LogP contribution in [0, 0.1) is 0 Å². The van der Waals surface area contributed by atoms with Crippen LogP contribution in [0.4, 0.5) is 0 Å². The molecule has 3 aromatic heterocycles. The van der Waals surface area contributed by atoms with Crippen molar-refractivity contribution in [2.75, 3.05) is 6.54 Å². The molecule has 0 spiro atoms. The summed E-state index contributed by atoms with van der Waals surface area (Å²) in [7, 11) is 0. The van der Waals surface area contributed by atoms with E-state index in [-0.39, 0.29) is 18.9 Å². The van der Waals surface area contributed by atoms with Crippen LogP contribution < -0.4 is 5.32 Å². The van der Waals surface area contributed by atoms with Crippen LogP contribution in [0.25, 0.3) is 11.6 Å². The van der Waals surface area contributed by atoms with E-state index in [2.05, 4.69) is 15.5 Å². The molecule has 8 heteroatoms. The summed E-state index contributed by atoms with van der Waals surface area (Å²) in [5.41, 5.74) is -0.306. The van der Waals surface area contributed by atoms with E-state index in [1.54, 1.807) is 19.1 Å². The van der Waals surface area contributed by atoms with Gasteiger partial charge in [0.1, 0.15) is 5.60 Å². The lowest BCUT2D eigenvalue weighted by molar-refractivity contribution is -0.122. The van der Waals surface area contributed by atoms with E-state index in [1.807, 2.05) is 16.8 Å². The zero-order chi connectivity index (χ0) is 17.0. The number of thiophene rings is 1. The molecular formula is C16H17N3O4S. The van der Waals surface area contributed by atoms with Gasteiger partial charge in [-0.2, -0.15) is 16.3 Å². The number of hydrogen-bond acceptors (Lipinski definition) is 7. The van der Waals surface area contributed by atoms with Crippen molar-refractivity contribution in [3.63, 3.8) is 0 Å². The van der Waals surface area contributed by atoms with Crippen molar-refractivity contribution >= 4 is 17.2 Å². The van der Waals surface area contributed by atoms with Gasteiger partial charge in [0.2, 0.25) is 17.6 Å². The van der Waals surface area contributed by atoms with Gasteiger partial charge in [0.25, 0.3) is 0 Å². The first-order valence-corrected chi connectivity index (χ1v) is 8.37. The third-order valence-corrected chi connectivity index (χ3v) is 4.23. The first-order chi connectivity index (χ1) is 11.5. The normalized spacial score (nSPS) is 13.6. The minimum atomic E-state index is -1.09. The Morgan fingerprint density at radius 3 is 3.04 bits per heavy atom. The average Bonchev–Trinajstić information content (AvgIpc) is 3.32. The highest BCUT2D eigenvalue weighted by Gasteiger charge is 2.24. The molecule has 0 aliphatic carbocycles. The van der Waals surface area contributed by atoms with Crippen molar-refractivity contribution in [3.05, 3.63) is 46.7 Å². The van der Waals surface area contributed by atoms with E-state index < -0.39 is 5.60 Å². The lowest BCUT2D eigenvalue weighted by atomic mass is 9.99. The standard InChI is InChI=1S/C16H17N3O4S/c1-16(21,11-6-8-24-9-11)10-17-13(20)4-5-14-18-15(19-23-14)12-3-2-7-22-12/h2-3,6-9,21H,4-5,10H2,1H3,(H,17,20). The lowest BCUT2D eigenvalue weighted by Crippen LogP contribution is -2.38. The highest BCUT2D eigenvalue weighted by molar-refractivity contribution is 7.08. The Labute approximate surface area is 142 Å². The first kappa shape index (κ1) is 16.4. The van der Waals surface area contributed by atoms with Crippen LogP contribution in [0.1, 0.15) is 24.8 Å². The van der Waals surface area contributed by atoms with Gasteiger partial charge in [-0.15, -0.1) is 0 Å². The number of furan rings is 1. The van der Waals surface area contributed by atoms with Gasteiger partial charge >= 0.3 is 0 Å². The summed E-state index contributed by atoms with van der Waals surface area (Å²) in [4.78, 5) is 16.1.